The van der Waals surface area contributed by atoms with Crippen LogP contribution < -0.4 is 16.0 Å². The van der Waals surface area contributed by atoms with Crippen LogP contribution in [0.25, 0.3) is 10.9 Å². The lowest BCUT2D eigenvalue weighted by Gasteiger charge is -2.26. The number of carboxylic acid groups (broad SMARTS) is 1. The second-order valence-electron chi connectivity index (χ2n) is 8.36. The number of hydrogen-bond acceptors (Lipinski definition) is 6. The topological polar surface area (TPSA) is 128 Å². The van der Waals surface area contributed by atoms with E-state index in [1.54, 1.807) is 13.1 Å². The number of nitrogens with zero attached hydrogens (tertiary/aromatic N) is 4. The Hall–Kier alpha value is -4.65. The van der Waals surface area contributed by atoms with E-state index < -0.39 is 24.0 Å². The van der Waals surface area contributed by atoms with E-state index in [-0.39, 0.29) is 17.2 Å². The van der Waals surface area contributed by atoms with Crippen molar-refractivity contribution in [2.24, 2.45) is 0 Å². The average Bonchev–Trinajstić information content (AvgIpc) is 3.28. The maximum Gasteiger partial charge on any atom is 0.404 e. The van der Waals surface area contributed by atoms with Crippen LogP contribution in [0.2, 0.25) is 0 Å². The molecule has 4 rings (SSSR count). The summed E-state index contributed by atoms with van der Waals surface area (Å²) < 4.78 is 16.9. The SMILES string of the molecule is CCn1ncc2cc(Nc3nc(N[C@H](Cc4ccccc4)[C@H](C)NC(=O)O)c(F)cc3C#N)ccc21. The van der Waals surface area contributed by atoms with Gasteiger partial charge >= 0.3 is 6.09 Å². The zero-order valence-corrected chi connectivity index (χ0v) is 19.9. The van der Waals surface area contributed by atoms with Gasteiger partial charge in [-0.3, -0.25) is 4.68 Å². The van der Waals surface area contributed by atoms with Gasteiger partial charge < -0.3 is 21.1 Å². The lowest BCUT2D eigenvalue weighted by molar-refractivity contribution is 0.189. The average molecular weight is 488 g/mol. The number of nitriles is 1. The summed E-state index contributed by atoms with van der Waals surface area (Å²) in [7, 11) is 0. The minimum Gasteiger partial charge on any atom is -0.465 e. The lowest BCUT2D eigenvalue weighted by atomic mass is 10.0. The second-order valence-corrected chi connectivity index (χ2v) is 8.36. The van der Waals surface area contributed by atoms with Crippen molar-refractivity contribution < 1.29 is 14.3 Å². The van der Waals surface area contributed by atoms with Crippen LogP contribution in [0.5, 0.6) is 0 Å². The van der Waals surface area contributed by atoms with Gasteiger partial charge in [-0.15, -0.1) is 0 Å². The molecule has 4 aromatic rings. The van der Waals surface area contributed by atoms with Gasteiger partial charge in [0.2, 0.25) is 0 Å². The van der Waals surface area contributed by atoms with E-state index in [4.69, 9.17) is 0 Å². The van der Waals surface area contributed by atoms with E-state index in [1.165, 1.54) is 0 Å². The summed E-state index contributed by atoms with van der Waals surface area (Å²) in [6.07, 6.45) is 0.995. The van der Waals surface area contributed by atoms with Gasteiger partial charge in [-0.25, -0.2) is 14.2 Å². The maximum atomic E-state index is 15.0. The summed E-state index contributed by atoms with van der Waals surface area (Å²) in [6.45, 7) is 4.44. The van der Waals surface area contributed by atoms with Crippen LogP contribution in [0, 0.1) is 17.1 Å². The second kappa shape index (κ2) is 10.7. The molecular weight excluding hydrogens is 461 g/mol. The van der Waals surface area contributed by atoms with Crippen molar-refractivity contribution in [3.05, 3.63) is 77.7 Å². The van der Waals surface area contributed by atoms with Crippen molar-refractivity contribution in [1.82, 2.24) is 20.1 Å². The molecule has 2 heterocycles. The molecule has 2 atom stereocenters. The summed E-state index contributed by atoms with van der Waals surface area (Å²) in [6, 6.07) is 17.1. The first-order valence-corrected chi connectivity index (χ1v) is 11.5. The fourth-order valence-corrected chi connectivity index (χ4v) is 4.02. The molecule has 0 aliphatic rings. The zero-order valence-electron chi connectivity index (χ0n) is 19.9. The fraction of sp³-hybridized carbons (Fsp3) is 0.231. The largest absolute Gasteiger partial charge is 0.465 e. The molecule has 36 heavy (non-hydrogen) atoms. The van der Waals surface area contributed by atoms with E-state index in [1.807, 2.05) is 66.2 Å². The van der Waals surface area contributed by atoms with Crippen LogP contribution >= 0.6 is 0 Å². The molecule has 4 N–H and O–H groups in total. The predicted molar refractivity (Wildman–Crippen MR) is 136 cm³/mol. The van der Waals surface area contributed by atoms with Gasteiger partial charge in [-0.05, 0) is 50.1 Å². The van der Waals surface area contributed by atoms with Crippen LogP contribution in [-0.2, 0) is 13.0 Å². The predicted octanol–water partition coefficient (Wildman–Crippen LogP) is 4.88. The van der Waals surface area contributed by atoms with Gasteiger partial charge in [0.25, 0.3) is 0 Å². The van der Waals surface area contributed by atoms with Crippen molar-refractivity contribution in [3.63, 3.8) is 0 Å². The minimum atomic E-state index is -1.18. The Labute approximate surface area is 207 Å². The molecule has 0 fully saturated rings. The van der Waals surface area contributed by atoms with Crippen LogP contribution in [-0.4, -0.2) is 38.0 Å². The molecule has 0 aliphatic carbocycles. The highest BCUT2D eigenvalue weighted by molar-refractivity contribution is 5.83. The third-order valence-electron chi connectivity index (χ3n) is 5.88. The number of aryl methyl sites for hydroxylation is 1. The summed E-state index contributed by atoms with van der Waals surface area (Å²) in [5.41, 5.74) is 2.63. The fourth-order valence-electron chi connectivity index (χ4n) is 4.02. The molecule has 9 nitrogen and oxygen atoms in total. The summed E-state index contributed by atoms with van der Waals surface area (Å²) in [5, 5.41) is 32.6. The number of carbonyl (C=O) groups is 1. The Morgan fingerprint density at radius 2 is 1.97 bits per heavy atom. The summed E-state index contributed by atoms with van der Waals surface area (Å²) in [5.74, 6) is -0.616. The normalized spacial score (nSPS) is 12.5. The minimum absolute atomic E-state index is 0.0405. The molecule has 0 spiro atoms. The molecule has 184 valence electrons. The molecule has 0 saturated heterocycles. The zero-order chi connectivity index (χ0) is 25.7. The quantitative estimate of drug-likeness (QED) is 0.265. The number of hydrogen-bond donors (Lipinski definition) is 4. The number of halogens is 1. The van der Waals surface area contributed by atoms with Gasteiger partial charge in [0, 0.05) is 23.7 Å². The molecule has 1 amide bonds. The number of benzene rings is 2. The molecule has 0 unspecified atom stereocenters. The van der Waals surface area contributed by atoms with Crippen molar-refractivity contribution in [1.29, 1.82) is 5.26 Å². The van der Waals surface area contributed by atoms with Crippen LogP contribution in [0.3, 0.4) is 0 Å². The number of fused-ring (bicyclic) bond motifs is 1. The van der Waals surface area contributed by atoms with Gasteiger partial charge in [-0.2, -0.15) is 10.4 Å². The highest BCUT2D eigenvalue weighted by Crippen LogP contribution is 2.27. The molecule has 0 saturated carbocycles. The summed E-state index contributed by atoms with van der Waals surface area (Å²) >= 11 is 0. The van der Waals surface area contributed by atoms with Gasteiger partial charge in [-0.1, -0.05) is 30.3 Å². The van der Waals surface area contributed by atoms with Crippen LogP contribution in [0.1, 0.15) is 25.0 Å². The van der Waals surface area contributed by atoms with E-state index >= 15 is 0 Å². The Balaban J connectivity index is 1.64. The molecule has 0 radical (unpaired) electrons. The van der Waals surface area contributed by atoms with E-state index in [9.17, 15) is 19.6 Å². The van der Waals surface area contributed by atoms with Crippen molar-refractivity contribution in [3.8, 4) is 6.07 Å². The summed E-state index contributed by atoms with van der Waals surface area (Å²) in [4.78, 5) is 15.6. The van der Waals surface area contributed by atoms with E-state index in [0.717, 1.165) is 29.1 Å². The first-order valence-electron chi connectivity index (χ1n) is 11.5. The monoisotopic (exact) mass is 487 g/mol. The highest BCUT2D eigenvalue weighted by Gasteiger charge is 2.23. The first kappa shape index (κ1) is 24.5. The van der Waals surface area contributed by atoms with Gasteiger partial charge in [0.05, 0.1) is 23.3 Å². The number of pyridine rings is 1. The van der Waals surface area contributed by atoms with Crippen molar-refractivity contribution in [2.45, 2.75) is 38.9 Å². The Morgan fingerprint density at radius 1 is 1.19 bits per heavy atom. The molecule has 10 heteroatoms. The number of rotatable bonds is 9. The molecule has 0 bridgehead atoms. The lowest BCUT2D eigenvalue weighted by Crippen LogP contribution is -2.45. The number of anilines is 3. The van der Waals surface area contributed by atoms with E-state index in [0.29, 0.717) is 12.1 Å². The number of amides is 1. The third-order valence-corrected chi connectivity index (χ3v) is 5.88. The third kappa shape index (κ3) is 5.52. The van der Waals surface area contributed by atoms with Crippen molar-refractivity contribution in [2.75, 3.05) is 10.6 Å². The highest BCUT2D eigenvalue weighted by atomic mass is 19.1. The smallest absolute Gasteiger partial charge is 0.404 e. The Bertz CT molecular complexity index is 1420. The van der Waals surface area contributed by atoms with E-state index in [2.05, 4.69) is 26.0 Å². The van der Waals surface area contributed by atoms with Crippen LogP contribution in [0.15, 0.2) is 60.8 Å². The van der Waals surface area contributed by atoms with Crippen LogP contribution in [0.4, 0.5) is 26.5 Å². The number of aromatic nitrogens is 3. The standard InChI is InChI=1S/C26H26FN7O2/c1-3-34-23-10-9-20(12-19(23)15-29-34)31-24-18(14-28)13-21(27)25(33-24)32-22(16(2)30-26(35)36)11-17-7-5-4-6-8-17/h4-10,12-13,15-16,22,30H,3,11H2,1-2H3,(H,35,36)(H2,31,32,33)/t16-,22+/m0/s1. The van der Waals surface area contributed by atoms with Gasteiger partial charge in [0.15, 0.2) is 17.5 Å². The maximum absolute atomic E-state index is 15.0. The molecule has 2 aromatic heterocycles. The van der Waals surface area contributed by atoms with Gasteiger partial charge in [0.1, 0.15) is 6.07 Å². The first-order chi connectivity index (χ1) is 17.4. The molecule has 0 aliphatic heterocycles. The Kier molecular flexibility index (Phi) is 7.30. The number of nitrogens with one attached hydrogen (secondary N) is 3. The molecule has 2 aromatic carbocycles. The Morgan fingerprint density at radius 3 is 2.67 bits per heavy atom. The van der Waals surface area contributed by atoms with Crippen molar-refractivity contribution >= 4 is 34.3 Å². The molecular formula is C26H26FN7O2.